The molecule has 2 aliphatic rings. The van der Waals surface area contributed by atoms with Crippen LogP contribution in [0.25, 0.3) is 0 Å². The number of ether oxygens (including phenoxy) is 2. The molecule has 1 aromatic carbocycles. The van der Waals surface area contributed by atoms with E-state index in [-0.39, 0.29) is 18.1 Å². The summed E-state index contributed by atoms with van der Waals surface area (Å²) in [5.74, 6) is 1.44. The predicted molar refractivity (Wildman–Crippen MR) is 72.5 cm³/mol. The van der Waals surface area contributed by atoms with Crippen LogP contribution < -0.4 is 14.8 Å². The van der Waals surface area contributed by atoms with E-state index in [9.17, 15) is 8.42 Å². The maximum absolute atomic E-state index is 11.7. The molecule has 6 heteroatoms. The molecule has 5 nitrogen and oxygen atoms in total. The third kappa shape index (κ3) is 2.49. The van der Waals surface area contributed by atoms with Crippen LogP contribution in [0.5, 0.6) is 11.5 Å². The topological polar surface area (TPSA) is 64.6 Å². The summed E-state index contributed by atoms with van der Waals surface area (Å²) < 4.78 is 34.0. The molecule has 0 saturated heterocycles. The van der Waals surface area contributed by atoms with Crippen molar-refractivity contribution in [2.24, 2.45) is 0 Å². The van der Waals surface area contributed by atoms with Crippen molar-refractivity contribution in [3.63, 3.8) is 0 Å². The summed E-state index contributed by atoms with van der Waals surface area (Å²) in [6.07, 6.45) is 3.88. The lowest BCUT2D eigenvalue weighted by molar-refractivity contribution is 0.174. The van der Waals surface area contributed by atoms with E-state index in [4.69, 9.17) is 9.47 Å². The molecular formula is C13H17NO4S. The van der Waals surface area contributed by atoms with Gasteiger partial charge < -0.3 is 14.8 Å². The molecule has 0 bridgehead atoms. The van der Waals surface area contributed by atoms with Crippen LogP contribution in [-0.4, -0.2) is 32.8 Å². The molecule has 1 N–H and O–H groups in total. The second-order valence-corrected chi connectivity index (χ2v) is 7.38. The van der Waals surface area contributed by atoms with Crippen molar-refractivity contribution in [1.82, 2.24) is 0 Å². The van der Waals surface area contributed by atoms with Gasteiger partial charge in [-0.1, -0.05) is 0 Å². The van der Waals surface area contributed by atoms with Crippen molar-refractivity contribution in [3.8, 4) is 11.5 Å². The zero-order valence-corrected chi connectivity index (χ0v) is 11.6. The second-order valence-electron chi connectivity index (χ2n) is 5.12. The van der Waals surface area contributed by atoms with Crippen molar-refractivity contribution < 1.29 is 17.9 Å². The van der Waals surface area contributed by atoms with Gasteiger partial charge in [0, 0.05) is 24.1 Å². The number of hydrogen-bond acceptors (Lipinski definition) is 5. The monoisotopic (exact) mass is 283 g/mol. The first kappa shape index (κ1) is 12.6. The largest absolute Gasteiger partial charge is 0.454 e. The van der Waals surface area contributed by atoms with E-state index >= 15 is 0 Å². The van der Waals surface area contributed by atoms with E-state index < -0.39 is 9.84 Å². The molecule has 1 heterocycles. The average Bonchev–Trinajstić information content (AvgIpc) is 2.95. The molecule has 2 atom stereocenters. The highest BCUT2D eigenvalue weighted by Crippen LogP contribution is 2.35. The van der Waals surface area contributed by atoms with Crippen LogP contribution in [0, 0.1) is 0 Å². The standard InChI is InChI=1S/C13H17NO4S/c1-19(15,16)13-4-2-3-10(13)14-9-5-6-11-12(7-9)18-8-17-11/h5-7,10,13-14H,2-4,8H2,1H3. The summed E-state index contributed by atoms with van der Waals surface area (Å²) in [6, 6.07) is 5.58. The number of fused-ring (bicyclic) bond motifs is 1. The molecular weight excluding hydrogens is 266 g/mol. The number of hydrogen-bond donors (Lipinski definition) is 1. The molecule has 0 aromatic heterocycles. The van der Waals surface area contributed by atoms with Gasteiger partial charge in [-0.3, -0.25) is 0 Å². The van der Waals surface area contributed by atoms with Crippen molar-refractivity contribution in [2.75, 3.05) is 18.4 Å². The zero-order chi connectivity index (χ0) is 13.5. The van der Waals surface area contributed by atoms with Gasteiger partial charge in [0.25, 0.3) is 0 Å². The van der Waals surface area contributed by atoms with Gasteiger partial charge >= 0.3 is 0 Å². The van der Waals surface area contributed by atoms with E-state index in [0.29, 0.717) is 5.75 Å². The third-order valence-electron chi connectivity index (χ3n) is 3.73. The number of nitrogens with one attached hydrogen (secondary N) is 1. The minimum atomic E-state index is -3.00. The molecule has 0 spiro atoms. The molecule has 1 aromatic rings. The number of benzene rings is 1. The van der Waals surface area contributed by atoms with Crippen LogP contribution in [0.4, 0.5) is 5.69 Å². The van der Waals surface area contributed by atoms with E-state index in [1.807, 2.05) is 18.2 Å². The summed E-state index contributed by atoms with van der Waals surface area (Å²) in [6.45, 7) is 0.244. The Labute approximate surface area is 112 Å². The molecule has 3 rings (SSSR count). The van der Waals surface area contributed by atoms with Crippen LogP contribution in [0.1, 0.15) is 19.3 Å². The maximum atomic E-state index is 11.7. The zero-order valence-electron chi connectivity index (χ0n) is 10.8. The highest BCUT2D eigenvalue weighted by Gasteiger charge is 2.34. The summed E-state index contributed by atoms with van der Waals surface area (Å²) >= 11 is 0. The first-order valence-corrected chi connectivity index (χ1v) is 8.34. The lowest BCUT2D eigenvalue weighted by Gasteiger charge is -2.20. The highest BCUT2D eigenvalue weighted by molar-refractivity contribution is 7.91. The van der Waals surface area contributed by atoms with Gasteiger partial charge in [-0.05, 0) is 31.4 Å². The van der Waals surface area contributed by atoms with Crippen LogP contribution in [-0.2, 0) is 9.84 Å². The van der Waals surface area contributed by atoms with Crippen molar-refractivity contribution >= 4 is 15.5 Å². The van der Waals surface area contributed by atoms with Gasteiger partial charge in [0.2, 0.25) is 6.79 Å². The fourth-order valence-electron chi connectivity index (χ4n) is 2.80. The molecule has 1 aliphatic heterocycles. The minimum absolute atomic E-state index is 0.0182. The van der Waals surface area contributed by atoms with Crippen molar-refractivity contribution in [2.45, 2.75) is 30.6 Å². The molecule has 2 unspecified atom stereocenters. The van der Waals surface area contributed by atoms with Gasteiger partial charge in [-0.25, -0.2) is 8.42 Å². The van der Waals surface area contributed by atoms with Crippen LogP contribution >= 0.6 is 0 Å². The molecule has 104 valence electrons. The van der Waals surface area contributed by atoms with Gasteiger partial charge in [0.15, 0.2) is 21.3 Å². The Balaban J connectivity index is 1.78. The fraction of sp³-hybridized carbons (Fsp3) is 0.538. The predicted octanol–water partition coefficient (Wildman–Crippen LogP) is 1.79. The normalized spacial score (nSPS) is 25.5. The molecule has 0 radical (unpaired) electrons. The highest BCUT2D eigenvalue weighted by atomic mass is 32.2. The number of anilines is 1. The minimum Gasteiger partial charge on any atom is -0.454 e. The summed E-state index contributed by atoms with van der Waals surface area (Å²) in [4.78, 5) is 0. The Morgan fingerprint density at radius 1 is 1.21 bits per heavy atom. The Bertz CT molecular complexity index is 584. The van der Waals surface area contributed by atoms with E-state index in [0.717, 1.165) is 30.7 Å². The molecule has 1 fully saturated rings. The summed E-state index contributed by atoms with van der Waals surface area (Å²) in [5, 5.41) is 3.02. The maximum Gasteiger partial charge on any atom is 0.231 e. The van der Waals surface area contributed by atoms with Gasteiger partial charge in [-0.2, -0.15) is 0 Å². The van der Waals surface area contributed by atoms with Gasteiger partial charge in [-0.15, -0.1) is 0 Å². The van der Waals surface area contributed by atoms with Gasteiger partial charge in [0.1, 0.15) is 0 Å². The number of rotatable bonds is 3. The molecule has 1 aliphatic carbocycles. The average molecular weight is 283 g/mol. The van der Waals surface area contributed by atoms with E-state index in [1.54, 1.807) is 0 Å². The Morgan fingerprint density at radius 2 is 2.00 bits per heavy atom. The first-order valence-electron chi connectivity index (χ1n) is 6.39. The Morgan fingerprint density at radius 3 is 2.79 bits per heavy atom. The first-order chi connectivity index (χ1) is 9.04. The summed E-state index contributed by atoms with van der Waals surface area (Å²) in [7, 11) is -3.00. The smallest absolute Gasteiger partial charge is 0.231 e. The second kappa shape index (κ2) is 4.59. The molecule has 1 saturated carbocycles. The lowest BCUT2D eigenvalue weighted by Crippen LogP contribution is -2.34. The Kier molecular flexibility index (Phi) is 3.05. The van der Waals surface area contributed by atoms with Crippen LogP contribution in [0.15, 0.2) is 18.2 Å². The molecule has 19 heavy (non-hydrogen) atoms. The SMILES string of the molecule is CS(=O)(=O)C1CCCC1Nc1ccc2c(c1)OCO2. The van der Waals surface area contributed by atoms with Gasteiger partial charge in [0.05, 0.1) is 5.25 Å². The molecule has 0 amide bonds. The van der Waals surface area contributed by atoms with E-state index in [2.05, 4.69) is 5.32 Å². The van der Waals surface area contributed by atoms with Crippen molar-refractivity contribution in [1.29, 1.82) is 0 Å². The van der Waals surface area contributed by atoms with Crippen LogP contribution in [0.2, 0.25) is 0 Å². The van der Waals surface area contributed by atoms with E-state index in [1.165, 1.54) is 6.26 Å². The number of sulfone groups is 1. The van der Waals surface area contributed by atoms with Crippen LogP contribution in [0.3, 0.4) is 0 Å². The summed E-state index contributed by atoms with van der Waals surface area (Å²) in [5.41, 5.74) is 0.879. The quantitative estimate of drug-likeness (QED) is 0.916. The third-order valence-corrected chi connectivity index (χ3v) is 5.39. The fourth-order valence-corrected chi connectivity index (χ4v) is 4.20. The Hall–Kier alpha value is -1.43. The lowest BCUT2D eigenvalue weighted by atomic mass is 10.2. The van der Waals surface area contributed by atoms with Crippen molar-refractivity contribution in [3.05, 3.63) is 18.2 Å².